The van der Waals surface area contributed by atoms with Crippen LogP contribution in [0.5, 0.6) is 0 Å². The third-order valence-electron chi connectivity index (χ3n) is 10.9. The number of hydrogen-bond donors (Lipinski definition) is 0. The van der Waals surface area contributed by atoms with Gasteiger partial charge in [-0.1, -0.05) is 39.5 Å². The minimum Gasteiger partial charge on any atom is -0.462 e. The molecule has 7 unspecified atom stereocenters. The van der Waals surface area contributed by atoms with Crippen LogP contribution in [-0.4, -0.2) is 17.9 Å². The second-order valence-electron chi connectivity index (χ2n) is 12.2. The van der Waals surface area contributed by atoms with Crippen molar-refractivity contribution in [2.75, 3.05) is 0 Å². The van der Waals surface area contributed by atoms with Gasteiger partial charge in [-0.2, -0.15) is 0 Å². The number of fused-ring (bicyclic) bond motifs is 5. The number of ketones is 1. The molecule has 5 aliphatic rings. The average Bonchev–Trinajstić information content (AvgIpc) is 3.35. The molecule has 0 radical (unpaired) electrons. The number of carbonyl (C=O) groups is 2. The fraction of sp³-hybridized carbons (Fsp3) is 0.926. The van der Waals surface area contributed by atoms with Gasteiger partial charge in [0.25, 0.3) is 0 Å². The Bertz CT molecular complexity index is 680. The molecule has 0 heterocycles. The van der Waals surface area contributed by atoms with Crippen molar-refractivity contribution in [1.29, 1.82) is 0 Å². The fourth-order valence-corrected chi connectivity index (χ4v) is 8.96. The van der Waals surface area contributed by atoms with Crippen molar-refractivity contribution in [2.24, 2.45) is 40.4 Å². The van der Waals surface area contributed by atoms with E-state index in [0.717, 1.165) is 56.3 Å². The van der Waals surface area contributed by atoms with E-state index in [1.165, 1.54) is 51.4 Å². The van der Waals surface area contributed by atoms with E-state index >= 15 is 0 Å². The van der Waals surface area contributed by atoms with Gasteiger partial charge >= 0.3 is 5.97 Å². The molecule has 0 N–H and O–H groups in total. The van der Waals surface area contributed by atoms with Crippen LogP contribution in [0.2, 0.25) is 0 Å². The Balaban J connectivity index is 1.19. The van der Waals surface area contributed by atoms with Gasteiger partial charge < -0.3 is 4.74 Å². The van der Waals surface area contributed by atoms with E-state index in [4.69, 9.17) is 4.74 Å². The van der Waals surface area contributed by atoms with Gasteiger partial charge in [-0.15, -0.1) is 0 Å². The van der Waals surface area contributed by atoms with Crippen molar-refractivity contribution >= 4 is 11.8 Å². The minimum atomic E-state index is -0.0174. The van der Waals surface area contributed by atoms with Gasteiger partial charge in [-0.05, 0) is 92.8 Å². The molecule has 5 saturated carbocycles. The van der Waals surface area contributed by atoms with Gasteiger partial charge in [0.15, 0.2) is 0 Å². The predicted octanol–water partition coefficient (Wildman–Crippen LogP) is 6.48. The average molecular weight is 415 g/mol. The topological polar surface area (TPSA) is 43.4 Å². The SMILES string of the molecule is CC12CCC3C(CCC4CC(OC(=O)CCC5CCCC5)CCC43C)C1CCC2=O. The summed E-state index contributed by atoms with van der Waals surface area (Å²) in [6.45, 7) is 4.83. The van der Waals surface area contributed by atoms with Gasteiger partial charge in [-0.3, -0.25) is 9.59 Å². The van der Waals surface area contributed by atoms with Crippen molar-refractivity contribution in [1.82, 2.24) is 0 Å². The van der Waals surface area contributed by atoms with Crippen LogP contribution < -0.4 is 0 Å². The van der Waals surface area contributed by atoms with Crippen LogP contribution >= 0.6 is 0 Å². The molecule has 3 heteroatoms. The third kappa shape index (κ3) is 3.47. The molecule has 30 heavy (non-hydrogen) atoms. The largest absolute Gasteiger partial charge is 0.462 e. The molecule has 0 aromatic heterocycles. The summed E-state index contributed by atoms with van der Waals surface area (Å²) in [6.07, 6.45) is 17.3. The summed E-state index contributed by atoms with van der Waals surface area (Å²) < 4.78 is 6.00. The van der Waals surface area contributed by atoms with Crippen molar-refractivity contribution in [3.8, 4) is 0 Å². The Morgan fingerprint density at radius 1 is 0.967 bits per heavy atom. The number of Topliss-reactive ketones (excluding diaryl/α,β-unsaturated/α-hetero) is 1. The maximum Gasteiger partial charge on any atom is 0.306 e. The van der Waals surface area contributed by atoms with Crippen LogP contribution in [0, 0.1) is 40.4 Å². The Hall–Kier alpha value is -0.860. The lowest BCUT2D eigenvalue weighted by molar-refractivity contribution is -0.162. The number of ether oxygens (including phenoxy) is 1. The fourth-order valence-electron chi connectivity index (χ4n) is 8.96. The first-order valence-corrected chi connectivity index (χ1v) is 13.1. The molecule has 0 aromatic rings. The summed E-state index contributed by atoms with van der Waals surface area (Å²) in [6, 6.07) is 0. The third-order valence-corrected chi connectivity index (χ3v) is 10.9. The molecular weight excluding hydrogens is 372 g/mol. The standard InChI is InChI=1S/C27H42O3/c1-26-15-13-20(30-25(29)12-7-18-5-3-4-6-18)17-19(26)8-9-21-22-10-11-24(28)27(22,2)16-14-23(21)26/h18-23H,3-17H2,1-2H3. The van der Waals surface area contributed by atoms with E-state index < -0.39 is 0 Å². The molecule has 5 aliphatic carbocycles. The summed E-state index contributed by atoms with van der Waals surface area (Å²) in [7, 11) is 0. The summed E-state index contributed by atoms with van der Waals surface area (Å²) in [5.74, 6) is 4.23. The van der Waals surface area contributed by atoms with E-state index in [9.17, 15) is 9.59 Å². The highest BCUT2D eigenvalue weighted by Gasteiger charge is 2.60. The highest BCUT2D eigenvalue weighted by molar-refractivity contribution is 5.87. The van der Waals surface area contributed by atoms with Crippen molar-refractivity contribution in [2.45, 2.75) is 116 Å². The molecule has 0 amide bonds. The number of hydrogen-bond acceptors (Lipinski definition) is 3. The Morgan fingerprint density at radius 3 is 2.57 bits per heavy atom. The Kier molecular flexibility index (Phi) is 5.55. The highest BCUT2D eigenvalue weighted by Crippen LogP contribution is 2.65. The minimum absolute atomic E-state index is 0.0174. The molecule has 5 rings (SSSR count). The van der Waals surface area contributed by atoms with Gasteiger partial charge in [0.05, 0.1) is 0 Å². The van der Waals surface area contributed by atoms with Gasteiger partial charge in [-0.25, -0.2) is 0 Å². The zero-order valence-corrected chi connectivity index (χ0v) is 19.3. The Morgan fingerprint density at radius 2 is 1.77 bits per heavy atom. The normalized spacial score (nSPS) is 46.2. The molecule has 0 aromatic carbocycles. The van der Waals surface area contributed by atoms with E-state index in [2.05, 4.69) is 13.8 Å². The lowest BCUT2D eigenvalue weighted by Crippen LogP contribution is -2.54. The highest BCUT2D eigenvalue weighted by atomic mass is 16.5. The summed E-state index contributed by atoms with van der Waals surface area (Å²) >= 11 is 0. The lowest BCUT2D eigenvalue weighted by atomic mass is 9.45. The Labute approximate surface area is 183 Å². The second kappa shape index (κ2) is 7.93. The maximum atomic E-state index is 12.6. The first-order chi connectivity index (χ1) is 14.4. The van der Waals surface area contributed by atoms with Crippen LogP contribution in [0.4, 0.5) is 0 Å². The zero-order chi connectivity index (χ0) is 20.9. The monoisotopic (exact) mass is 414 g/mol. The molecule has 0 spiro atoms. The van der Waals surface area contributed by atoms with Gasteiger partial charge in [0, 0.05) is 18.3 Å². The zero-order valence-electron chi connectivity index (χ0n) is 19.3. The van der Waals surface area contributed by atoms with Crippen LogP contribution in [0.25, 0.3) is 0 Å². The quantitative estimate of drug-likeness (QED) is 0.494. The van der Waals surface area contributed by atoms with E-state index in [0.29, 0.717) is 29.5 Å². The van der Waals surface area contributed by atoms with E-state index in [1.807, 2.05) is 0 Å². The number of esters is 1. The van der Waals surface area contributed by atoms with Crippen molar-refractivity contribution in [3.05, 3.63) is 0 Å². The number of carbonyl (C=O) groups excluding carboxylic acids is 2. The van der Waals surface area contributed by atoms with Crippen LogP contribution in [0.1, 0.15) is 110 Å². The van der Waals surface area contributed by atoms with Crippen LogP contribution in [-0.2, 0) is 14.3 Å². The van der Waals surface area contributed by atoms with Crippen molar-refractivity contribution in [3.63, 3.8) is 0 Å². The molecule has 3 nitrogen and oxygen atoms in total. The molecular formula is C27H42O3. The first kappa shape index (κ1) is 21.0. The molecule has 0 saturated heterocycles. The smallest absolute Gasteiger partial charge is 0.306 e. The van der Waals surface area contributed by atoms with Gasteiger partial charge in [0.2, 0.25) is 0 Å². The maximum absolute atomic E-state index is 12.6. The van der Waals surface area contributed by atoms with Gasteiger partial charge in [0.1, 0.15) is 11.9 Å². The molecule has 7 atom stereocenters. The van der Waals surface area contributed by atoms with E-state index in [-0.39, 0.29) is 17.5 Å². The predicted molar refractivity (Wildman–Crippen MR) is 118 cm³/mol. The van der Waals surface area contributed by atoms with Crippen LogP contribution in [0.3, 0.4) is 0 Å². The molecule has 0 bridgehead atoms. The second-order valence-corrected chi connectivity index (χ2v) is 12.2. The van der Waals surface area contributed by atoms with Crippen LogP contribution in [0.15, 0.2) is 0 Å². The number of rotatable bonds is 4. The first-order valence-electron chi connectivity index (χ1n) is 13.1. The summed E-state index contributed by atoms with van der Waals surface area (Å²) in [5.41, 5.74) is 0.374. The summed E-state index contributed by atoms with van der Waals surface area (Å²) in [4.78, 5) is 25.1. The molecule has 0 aliphatic heterocycles. The summed E-state index contributed by atoms with van der Waals surface area (Å²) in [5, 5.41) is 0. The van der Waals surface area contributed by atoms with Crippen molar-refractivity contribution < 1.29 is 14.3 Å². The molecule has 168 valence electrons. The lowest BCUT2D eigenvalue weighted by Gasteiger charge is -2.60. The molecule has 5 fully saturated rings. The van der Waals surface area contributed by atoms with E-state index in [1.54, 1.807) is 0 Å².